The molecule has 0 fully saturated rings. The minimum atomic E-state index is -0.103. The largest absolute Gasteiger partial charge is 0.493 e. The Morgan fingerprint density at radius 3 is 2.79 bits per heavy atom. The lowest BCUT2D eigenvalue weighted by molar-refractivity contribution is 0.111. The van der Waals surface area contributed by atoms with E-state index in [2.05, 4.69) is 16.4 Å². The third-order valence-electron chi connectivity index (χ3n) is 4.16. The van der Waals surface area contributed by atoms with Crippen LogP contribution in [0.5, 0.6) is 5.75 Å². The van der Waals surface area contributed by atoms with E-state index in [1.807, 2.05) is 48.5 Å². The van der Waals surface area contributed by atoms with Gasteiger partial charge in [-0.1, -0.05) is 48.5 Å². The molecule has 126 valence electrons. The molecule has 0 saturated heterocycles. The van der Waals surface area contributed by atoms with Crippen LogP contribution in [0.15, 0.2) is 59.6 Å². The molecule has 0 amide bonds. The van der Waals surface area contributed by atoms with Gasteiger partial charge in [0.25, 0.3) is 0 Å². The van der Waals surface area contributed by atoms with E-state index < -0.39 is 0 Å². The summed E-state index contributed by atoms with van der Waals surface area (Å²) in [6, 6.07) is 18.2. The van der Waals surface area contributed by atoms with Gasteiger partial charge in [0.1, 0.15) is 11.9 Å². The van der Waals surface area contributed by atoms with E-state index in [4.69, 9.17) is 15.2 Å². The van der Waals surface area contributed by atoms with Crippen LogP contribution in [0, 0.1) is 0 Å². The van der Waals surface area contributed by atoms with Crippen molar-refractivity contribution < 1.29 is 9.47 Å². The Morgan fingerprint density at radius 1 is 1.25 bits per heavy atom. The van der Waals surface area contributed by atoms with Crippen molar-refractivity contribution in [3.63, 3.8) is 0 Å². The zero-order chi connectivity index (χ0) is 16.8. The number of nitrogens with two attached hydrogens (primary N) is 1. The molecule has 2 unspecified atom stereocenters. The van der Waals surface area contributed by atoms with E-state index in [1.54, 1.807) is 7.11 Å². The van der Waals surface area contributed by atoms with Crippen molar-refractivity contribution in [2.75, 3.05) is 20.3 Å². The summed E-state index contributed by atoms with van der Waals surface area (Å²) in [5.74, 6) is 1.34. The highest BCUT2D eigenvalue weighted by atomic mass is 16.5. The Morgan fingerprint density at radius 2 is 2.00 bits per heavy atom. The highest BCUT2D eigenvalue weighted by Gasteiger charge is 2.21. The van der Waals surface area contributed by atoms with Gasteiger partial charge in [0.05, 0.1) is 19.2 Å². The second kappa shape index (κ2) is 7.84. The number of hydrogen-bond acceptors (Lipinski definition) is 3. The quantitative estimate of drug-likeness (QED) is 0.655. The van der Waals surface area contributed by atoms with Crippen molar-refractivity contribution in [2.45, 2.75) is 18.6 Å². The summed E-state index contributed by atoms with van der Waals surface area (Å²) in [6.07, 6.45) is 0.758. The first-order valence-corrected chi connectivity index (χ1v) is 8.14. The number of para-hydroxylation sites is 1. The van der Waals surface area contributed by atoms with E-state index in [1.165, 1.54) is 0 Å². The maximum absolute atomic E-state index is 6.09. The van der Waals surface area contributed by atoms with Gasteiger partial charge in [0, 0.05) is 19.1 Å². The van der Waals surface area contributed by atoms with E-state index >= 15 is 0 Å². The molecule has 1 heterocycles. The molecule has 5 nitrogen and oxygen atoms in total. The minimum absolute atomic E-state index is 0.103. The van der Waals surface area contributed by atoms with E-state index in [0.29, 0.717) is 19.1 Å². The van der Waals surface area contributed by atoms with Gasteiger partial charge in [-0.25, -0.2) is 0 Å². The van der Waals surface area contributed by atoms with Crippen molar-refractivity contribution in [2.24, 2.45) is 10.7 Å². The summed E-state index contributed by atoms with van der Waals surface area (Å²) >= 11 is 0. The molecule has 5 heteroatoms. The Hall–Kier alpha value is -2.53. The number of fused-ring (bicyclic) bond motifs is 1. The topological polar surface area (TPSA) is 68.9 Å². The Balaban J connectivity index is 1.65. The van der Waals surface area contributed by atoms with Gasteiger partial charge >= 0.3 is 0 Å². The first-order chi connectivity index (χ1) is 11.8. The molecule has 2 aromatic carbocycles. The molecule has 3 rings (SSSR count). The standard InChI is InChI=1S/C19H23N3O2/c1-23-18(14-7-3-2-4-8-14)13-21-19(20)22-16-11-12-24-17-10-6-5-9-15(16)17/h2-10,16,18H,11-13H2,1H3,(H3,20,21,22). The van der Waals surface area contributed by atoms with Gasteiger partial charge in [0.2, 0.25) is 0 Å². The molecule has 0 aliphatic carbocycles. The Bertz CT molecular complexity index is 688. The number of methoxy groups -OCH3 is 1. The molecule has 24 heavy (non-hydrogen) atoms. The van der Waals surface area contributed by atoms with Crippen LogP contribution < -0.4 is 15.8 Å². The highest BCUT2D eigenvalue weighted by Crippen LogP contribution is 2.31. The second-order valence-corrected chi connectivity index (χ2v) is 5.73. The third-order valence-corrected chi connectivity index (χ3v) is 4.16. The summed E-state index contributed by atoms with van der Waals surface area (Å²) < 4.78 is 11.2. The predicted octanol–water partition coefficient (Wildman–Crippen LogP) is 2.80. The van der Waals surface area contributed by atoms with Gasteiger partial charge in [0.15, 0.2) is 5.96 Å². The number of hydrogen-bond donors (Lipinski definition) is 2. The van der Waals surface area contributed by atoms with Crippen molar-refractivity contribution in [3.05, 3.63) is 65.7 Å². The normalized spacial score (nSPS) is 18.4. The van der Waals surface area contributed by atoms with Crippen LogP contribution in [-0.4, -0.2) is 26.2 Å². The number of rotatable bonds is 5. The number of aliphatic imine (C=N–C) groups is 1. The van der Waals surface area contributed by atoms with Crippen LogP contribution in [0.3, 0.4) is 0 Å². The second-order valence-electron chi connectivity index (χ2n) is 5.73. The van der Waals surface area contributed by atoms with Crippen LogP contribution >= 0.6 is 0 Å². The molecular formula is C19H23N3O2. The van der Waals surface area contributed by atoms with Gasteiger partial charge in [-0.3, -0.25) is 4.99 Å². The molecule has 0 aromatic heterocycles. The Labute approximate surface area is 142 Å². The molecule has 0 spiro atoms. The molecule has 0 bridgehead atoms. The molecule has 1 aliphatic rings. The number of benzene rings is 2. The summed E-state index contributed by atoms with van der Waals surface area (Å²) in [4.78, 5) is 4.46. The van der Waals surface area contributed by atoms with Crippen molar-refractivity contribution in [1.29, 1.82) is 0 Å². The maximum Gasteiger partial charge on any atom is 0.189 e. The average molecular weight is 325 g/mol. The lowest BCUT2D eigenvalue weighted by Crippen LogP contribution is -2.37. The summed E-state index contributed by atoms with van der Waals surface area (Å²) in [6.45, 7) is 1.15. The van der Waals surface area contributed by atoms with Gasteiger partial charge in [-0.05, 0) is 11.6 Å². The molecule has 0 radical (unpaired) electrons. The molecule has 1 aliphatic heterocycles. The van der Waals surface area contributed by atoms with Gasteiger partial charge in [-0.2, -0.15) is 0 Å². The van der Waals surface area contributed by atoms with Crippen LogP contribution in [0.25, 0.3) is 0 Å². The fourth-order valence-corrected chi connectivity index (χ4v) is 2.88. The molecule has 3 N–H and O–H groups in total. The number of ether oxygens (including phenoxy) is 2. The van der Waals surface area contributed by atoms with Crippen molar-refractivity contribution >= 4 is 5.96 Å². The van der Waals surface area contributed by atoms with E-state index in [9.17, 15) is 0 Å². The number of guanidine groups is 1. The maximum atomic E-state index is 6.09. The average Bonchev–Trinajstić information content (AvgIpc) is 2.63. The fourth-order valence-electron chi connectivity index (χ4n) is 2.88. The van der Waals surface area contributed by atoms with Crippen LogP contribution in [-0.2, 0) is 4.74 Å². The first kappa shape index (κ1) is 16.3. The van der Waals surface area contributed by atoms with E-state index in [0.717, 1.165) is 23.3 Å². The SMILES string of the molecule is COC(CN=C(N)NC1CCOc2ccccc21)c1ccccc1. The van der Waals surface area contributed by atoms with Gasteiger partial charge < -0.3 is 20.5 Å². The summed E-state index contributed by atoms with van der Waals surface area (Å²) in [5.41, 5.74) is 8.29. The lowest BCUT2D eigenvalue weighted by Gasteiger charge is -2.27. The van der Waals surface area contributed by atoms with Crippen LogP contribution in [0.4, 0.5) is 0 Å². The predicted molar refractivity (Wildman–Crippen MR) is 95.1 cm³/mol. The van der Waals surface area contributed by atoms with Crippen LogP contribution in [0.1, 0.15) is 29.7 Å². The van der Waals surface area contributed by atoms with Crippen LogP contribution in [0.2, 0.25) is 0 Å². The van der Waals surface area contributed by atoms with E-state index in [-0.39, 0.29) is 12.1 Å². The number of nitrogens with one attached hydrogen (secondary N) is 1. The highest BCUT2D eigenvalue weighted by molar-refractivity contribution is 5.78. The summed E-state index contributed by atoms with van der Waals surface area (Å²) in [7, 11) is 1.69. The van der Waals surface area contributed by atoms with Gasteiger partial charge in [-0.15, -0.1) is 0 Å². The molecular weight excluding hydrogens is 302 g/mol. The smallest absolute Gasteiger partial charge is 0.189 e. The zero-order valence-electron chi connectivity index (χ0n) is 13.8. The number of nitrogens with zero attached hydrogens (tertiary/aromatic N) is 1. The molecule has 0 saturated carbocycles. The van der Waals surface area contributed by atoms with Crippen molar-refractivity contribution in [1.82, 2.24) is 5.32 Å². The molecule has 2 atom stereocenters. The fraction of sp³-hybridized carbons (Fsp3) is 0.316. The summed E-state index contributed by atoms with van der Waals surface area (Å²) in [5, 5.41) is 3.30. The lowest BCUT2D eigenvalue weighted by atomic mass is 10.0. The minimum Gasteiger partial charge on any atom is -0.493 e. The molecule has 2 aromatic rings. The van der Waals surface area contributed by atoms with Crippen molar-refractivity contribution in [3.8, 4) is 5.75 Å². The monoisotopic (exact) mass is 325 g/mol. The Kier molecular flexibility index (Phi) is 5.33. The zero-order valence-corrected chi connectivity index (χ0v) is 13.8. The third kappa shape index (κ3) is 3.86. The first-order valence-electron chi connectivity index (χ1n) is 8.14.